The van der Waals surface area contributed by atoms with Crippen molar-refractivity contribution in [2.24, 2.45) is 0 Å². The number of methoxy groups -OCH3 is 1. The second-order valence-corrected chi connectivity index (χ2v) is 6.02. The Bertz CT molecular complexity index is 714. The Kier molecular flexibility index (Phi) is 6.10. The number of hydrogen-bond donors (Lipinski definition) is 1. The number of anilines is 1. The van der Waals surface area contributed by atoms with Gasteiger partial charge in [-0.25, -0.2) is 0 Å². The molecule has 1 aromatic carbocycles. The van der Waals surface area contributed by atoms with Crippen molar-refractivity contribution in [3.8, 4) is 5.75 Å². The van der Waals surface area contributed by atoms with E-state index in [0.717, 1.165) is 0 Å². The van der Waals surface area contributed by atoms with Gasteiger partial charge < -0.3 is 19.2 Å². The zero-order chi connectivity index (χ0) is 17.0. The van der Waals surface area contributed by atoms with Crippen LogP contribution in [0.5, 0.6) is 5.75 Å². The van der Waals surface area contributed by atoms with Crippen LogP contribution in [-0.2, 0) is 4.74 Å². The first kappa shape index (κ1) is 17.8. The van der Waals surface area contributed by atoms with Crippen molar-refractivity contribution in [2.75, 3.05) is 25.6 Å². The third-order valence-corrected chi connectivity index (χ3v) is 4.42. The number of furan rings is 1. The lowest BCUT2D eigenvalue weighted by atomic mass is 10.2. The molecule has 0 atom stereocenters. The van der Waals surface area contributed by atoms with Crippen molar-refractivity contribution in [1.29, 1.82) is 0 Å². The highest BCUT2D eigenvalue weighted by Gasteiger charge is 2.21. The van der Waals surface area contributed by atoms with Gasteiger partial charge in [-0.15, -0.1) is 0 Å². The van der Waals surface area contributed by atoms with Gasteiger partial charge in [0.05, 0.1) is 27.4 Å². The molecule has 1 aromatic heterocycles. The highest BCUT2D eigenvalue weighted by atomic mass is 79.9. The molecule has 0 bridgehead atoms. The molecule has 124 valence electrons. The summed E-state index contributed by atoms with van der Waals surface area (Å²) in [6.45, 7) is 4.27. The largest absolute Gasteiger partial charge is 0.487 e. The first-order chi connectivity index (χ1) is 11.0. The molecule has 0 saturated heterocycles. The Morgan fingerprint density at radius 1 is 1.30 bits per heavy atom. The smallest absolute Gasteiger partial charge is 0.260 e. The summed E-state index contributed by atoms with van der Waals surface area (Å²) in [7, 11) is 1.58. The quantitative estimate of drug-likeness (QED) is 0.718. The molecular weight excluding hydrogens is 386 g/mol. The van der Waals surface area contributed by atoms with Crippen molar-refractivity contribution in [2.45, 2.75) is 13.8 Å². The summed E-state index contributed by atoms with van der Waals surface area (Å²) in [5.74, 6) is 1.30. The van der Waals surface area contributed by atoms with E-state index in [4.69, 9.17) is 25.5 Å². The van der Waals surface area contributed by atoms with Crippen molar-refractivity contribution < 1.29 is 18.7 Å². The molecule has 5 nitrogen and oxygen atoms in total. The summed E-state index contributed by atoms with van der Waals surface area (Å²) in [5.41, 5.74) is 0.939. The first-order valence-corrected chi connectivity index (χ1v) is 8.10. The van der Waals surface area contributed by atoms with E-state index in [0.29, 0.717) is 51.2 Å². The predicted molar refractivity (Wildman–Crippen MR) is 92.7 cm³/mol. The zero-order valence-electron chi connectivity index (χ0n) is 13.0. The Morgan fingerprint density at radius 3 is 2.65 bits per heavy atom. The molecule has 0 radical (unpaired) electrons. The maximum Gasteiger partial charge on any atom is 0.260 e. The number of amides is 1. The number of halogens is 2. The van der Waals surface area contributed by atoms with E-state index in [2.05, 4.69) is 21.2 Å². The Hall–Kier alpha value is -1.50. The number of carbonyl (C=O) groups excluding carboxylic acids is 1. The van der Waals surface area contributed by atoms with E-state index in [1.165, 1.54) is 0 Å². The number of para-hydroxylation sites is 1. The molecule has 0 aliphatic carbocycles. The number of rotatable bonds is 6. The molecule has 7 heteroatoms. The van der Waals surface area contributed by atoms with Crippen molar-refractivity contribution in [1.82, 2.24) is 0 Å². The first-order valence-electron chi connectivity index (χ1n) is 6.92. The summed E-state index contributed by atoms with van der Waals surface area (Å²) in [6.07, 6.45) is 0. The van der Waals surface area contributed by atoms with E-state index in [1.807, 2.05) is 0 Å². The second-order valence-electron chi connectivity index (χ2n) is 4.82. The van der Waals surface area contributed by atoms with Crippen LogP contribution in [0, 0.1) is 13.8 Å². The molecule has 1 heterocycles. The van der Waals surface area contributed by atoms with E-state index < -0.39 is 0 Å². The van der Waals surface area contributed by atoms with Crippen LogP contribution in [-0.4, -0.2) is 26.2 Å². The normalized spacial score (nSPS) is 10.7. The minimum absolute atomic E-state index is 0.301. The fourth-order valence-corrected chi connectivity index (χ4v) is 2.85. The number of carbonyl (C=O) groups is 1. The molecule has 1 amide bonds. The average molecular weight is 403 g/mol. The van der Waals surface area contributed by atoms with Gasteiger partial charge >= 0.3 is 0 Å². The summed E-state index contributed by atoms with van der Waals surface area (Å²) in [4.78, 5) is 12.5. The minimum atomic E-state index is -0.301. The second kappa shape index (κ2) is 7.86. The summed E-state index contributed by atoms with van der Waals surface area (Å²) >= 11 is 9.53. The van der Waals surface area contributed by atoms with E-state index in [1.54, 1.807) is 39.2 Å². The molecular formula is C16H17BrClNO4. The lowest BCUT2D eigenvalue weighted by Crippen LogP contribution is -2.15. The van der Waals surface area contributed by atoms with Crippen molar-refractivity contribution >= 4 is 39.1 Å². The van der Waals surface area contributed by atoms with E-state index >= 15 is 0 Å². The summed E-state index contributed by atoms with van der Waals surface area (Å²) in [6, 6.07) is 5.16. The Balaban J connectivity index is 2.25. The van der Waals surface area contributed by atoms with Crippen LogP contribution in [0.3, 0.4) is 0 Å². The molecule has 0 saturated carbocycles. The fourth-order valence-electron chi connectivity index (χ4n) is 2.08. The summed E-state index contributed by atoms with van der Waals surface area (Å²) < 4.78 is 16.6. The number of nitrogens with one attached hydrogen (secondary N) is 1. The van der Waals surface area contributed by atoms with Gasteiger partial charge in [-0.05, 0) is 41.9 Å². The lowest BCUT2D eigenvalue weighted by molar-refractivity contribution is 0.102. The molecule has 23 heavy (non-hydrogen) atoms. The van der Waals surface area contributed by atoms with Crippen LogP contribution in [0.15, 0.2) is 27.1 Å². The third-order valence-electron chi connectivity index (χ3n) is 3.16. The third kappa shape index (κ3) is 4.07. The molecule has 0 aliphatic heterocycles. The van der Waals surface area contributed by atoms with Gasteiger partial charge in [-0.2, -0.15) is 0 Å². The topological polar surface area (TPSA) is 60.7 Å². The number of benzene rings is 1. The van der Waals surface area contributed by atoms with Crippen LogP contribution in [0.25, 0.3) is 0 Å². The van der Waals surface area contributed by atoms with Crippen LogP contribution < -0.4 is 10.1 Å². The maximum absolute atomic E-state index is 12.5. The lowest BCUT2D eigenvalue weighted by Gasteiger charge is -2.13. The van der Waals surface area contributed by atoms with Gasteiger partial charge in [-0.1, -0.05) is 17.7 Å². The van der Waals surface area contributed by atoms with Crippen LogP contribution in [0.1, 0.15) is 21.9 Å². The van der Waals surface area contributed by atoms with Crippen molar-refractivity contribution in [3.63, 3.8) is 0 Å². The Morgan fingerprint density at radius 2 is 2.04 bits per heavy atom. The average Bonchev–Trinajstić information content (AvgIpc) is 2.75. The predicted octanol–water partition coefficient (Wildman–Crippen LogP) is 4.59. The van der Waals surface area contributed by atoms with Crippen molar-refractivity contribution in [3.05, 3.63) is 44.8 Å². The fraction of sp³-hybridized carbons (Fsp3) is 0.312. The van der Waals surface area contributed by atoms with Gasteiger partial charge in [0.15, 0.2) is 5.75 Å². The number of ether oxygens (including phenoxy) is 2. The number of aryl methyl sites for hydroxylation is 2. The van der Waals surface area contributed by atoms with Crippen LogP contribution >= 0.6 is 27.5 Å². The maximum atomic E-state index is 12.5. The van der Waals surface area contributed by atoms with Gasteiger partial charge in [0.2, 0.25) is 0 Å². The monoisotopic (exact) mass is 401 g/mol. The van der Waals surface area contributed by atoms with Gasteiger partial charge in [0, 0.05) is 7.11 Å². The van der Waals surface area contributed by atoms with Gasteiger partial charge in [0.25, 0.3) is 5.91 Å². The standard InChI is InChI=1S/C16H17BrClNO4/c1-9-13(14(17)10(2)23-9)16(20)19-12-6-4-5-11(18)15(12)22-8-7-21-3/h4-6H,7-8H2,1-3H3,(H,19,20). The van der Waals surface area contributed by atoms with Gasteiger partial charge in [0.1, 0.15) is 18.1 Å². The minimum Gasteiger partial charge on any atom is -0.487 e. The molecule has 0 fully saturated rings. The van der Waals surface area contributed by atoms with E-state index in [9.17, 15) is 4.79 Å². The molecule has 2 aromatic rings. The highest BCUT2D eigenvalue weighted by Crippen LogP contribution is 2.34. The summed E-state index contributed by atoms with van der Waals surface area (Å²) in [5, 5.41) is 3.23. The molecule has 0 spiro atoms. The SMILES string of the molecule is COCCOc1c(Cl)cccc1NC(=O)c1c(C)oc(C)c1Br. The molecule has 0 unspecified atom stereocenters. The molecule has 0 aliphatic rings. The molecule has 1 N–H and O–H groups in total. The highest BCUT2D eigenvalue weighted by molar-refractivity contribution is 9.10. The zero-order valence-corrected chi connectivity index (χ0v) is 15.4. The van der Waals surface area contributed by atoms with Crippen LogP contribution in [0.4, 0.5) is 5.69 Å². The van der Waals surface area contributed by atoms with E-state index in [-0.39, 0.29) is 5.91 Å². The van der Waals surface area contributed by atoms with Crippen LogP contribution in [0.2, 0.25) is 5.02 Å². The Labute approximate surface area is 148 Å². The molecule has 2 rings (SSSR count). The number of hydrogen-bond acceptors (Lipinski definition) is 4. The van der Waals surface area contributed by atoms with Gasteiger partial charge in [-0.3, -0.25) is 4.79 Å².